The summed E-state index contributed by atoms with van der Waals surface area (Å²) in [5.41, 5.74) is 2.08. The van der Waals surface area contributed by atoms with Crippen molar-refractivity contribution in [3.05, 3.63) is 17.0 Å². The van der Waals surface area contributed by atoms with Crippen LogP contribution in [0.2, 0.25) is 0 Å². The topological polar surface area (TPSA) is 80.0 Å². The Morgan fingerprint density at radius 3 is 2.58 bits per heavy atom. The van der Waals surface area contributed by atoms with Gasteiger partial charge in [0.1, 0.15) is 5.76 Å². The largest absolute Gasteiger partial charge is 0.466 e. The standard InChI is InChI=1S/C18H30N4O3.HI/c1-5-19-18(20-10-7-16-13(3)21-25-14(16)4)22-11-8-15(9-12-22)17(23)24-6-2;/h15H,5-12H2,1-4H3,(H,19,20);1H. The van der Waals surface area contributed by atoms with Gasteiger partial charge in [0.15, 0.2) is 5.96 Å². The van der Waals surface area contributed by atoms with Crippen LogP contribution >= 0.6 is 24.0 Å². The number of ether oxygens (including phenoxy) is 1. The zero-order chi connectivity index (χ0) is 18.2. The van der Waals surface area contributed by atoms with Crippen LogP contribution in [-0.2, 0) is 16.0 Å². The number of carbonyl (C=O) groups is 1. The molecule has 0 aromatic carbocycles. The highest BCUT2D eigenvalue weighted by molar-refractivity contribution is 14.0. The van der Waals surface area contributed by atoms with E-state index < -0.39 is 0 Å². The van der Waals surface area contributed by atoms with Gasteiger partial charge >= 0.3 is 5.97 Å². The van der Waals surface area contributed by atoms with Crippen LogP contribution in [0.15, 0.2) is 9.52 Å². The quantitative estimate of drug-likeness (QED) is 0.293. The van der Waals surface area contributed by atoms with E-state index in [1.807, 2.05) is 20.8 Å². The van der Waals surface area contributed by atoms with Crippen molar-refractivity contribution in [2.45, 2.75) is 47.0 Å². The third-order valence-electron chi connectivity index (χ3n) is 4.55. The van der Waals surface area contributed by atoms with Gasteiger partial charge in [0.2, 0.25) is 0 Å². The molecule has 0 atom stereocenters. The van der Waals surface area contributed by atoms with Crippen molar-refractivity contribution in [1.82, 2.24) is 15.4 Å². The minimum atomic E-state index is -0.0671. The molecule has 7 nitrogen and oxygen atoms in total. The van der Waals surface area contributed by atoms with Gasteiger partial charge in [0.25, 0.3) is 0 Å². The lowest BCUT2D eigenvalue weighted by Crippen LogP contribution is -2.46. The Morgan fingerprint density at radius 2 is 2.04 bits per heavy atom. The van der Waals surface area contributed by atoms with E-state index in [0.717, 1.165) is 61.9 Å². The van der Waals surface area contributed by atoms with E-state index >= 15 is 0 Å². The lowest BCUT2D eigenvalue weighted by Gasteiger charge is -2.33. The summed E-state index contributed by atoms with van der Waals surface area (Å²) >= 11 is 0. The second kappa shape index (κ2) is 11.4. The second-order valence-electron chi connectivity index (χ2n) is 6.30. The summed E-state index contributed by atoms with van der Waals surface area (Å²) in [4.78, 5) is 18.8. The monoisotopic (exact) mass is 478 g/mol. The molecule has 1 fully saturated rings. The molecule has 1 aliphatic rings. The van der Waals surface area contributed by atoms with Gasteiger partial charge in [-0.15, -0.1) is 24.0 Å². The average Bonchev–Trinajstić information content (AvgIpc) is 2.93. The number of piperidine rings is 1. The molecule has 1 aromatic heterocycles. The van der Waals surface area contributed by atoms with Crippen molar-refractivity contribution >= 4 is 35.9 Å². The summed E-state index contributed by atoms with van der Waals surface area (Å²) in [5.74, 6) is 1.73. The summed E-state index contributed by atoms with van der Waals surface area (Å²) in [6, 6.07) is 0. The molecule has 0 aliphatic carbocycles. The lowest BCUT2D eigenvalue weighted by atomic mass is 9.97. The molecule has 8 heteroatoms. The molecule has 2 heterocycles. The van der Waals surface area contributed by atoms with Gasteiger partial charge in [-0.2, -0.15) is 0 Å². The normalized spacial score (nSPS) is 15.5. The molecular formula is C18H31IN4O3. The molecule has 148 valence electrons. The van der Waals surface area contributed by atoms with Gasteiger partial charge in [0, 0.05) is 31.7 Å². The second-order valence-corrected chi connectivity index (χ2v) is 6.30. The number of hydrogen-bond acceptors (Lipinski definition) is 5. The highest BCUT2D eigenvalue weighted by Gasteiger charge is 2.27. The molecule has 1 aromatic rings. The summed E-state index contributed by atoms with van der Waals surface area (Å²) in [5, 5.41) is 7.34. The van der Waals surface area contributed by atoms with Crippen molar-refractivity contribution in [2.75, 3.05) is 32.8 Å². The minimum Gasteiger partial charge on any atom is -0.466 e. The first-order valence-corrected chi connectivity index (χ1v) is 9.18. The number of hydrogen-bond donors (Lipinski definition) is 1. The average molecular weight is 478 g/mol. The first-order chi connectivity index (χ1) is 12.1. The number of rotatable bonds is 6. The van der Waals surface area contributed by atoms with Crippen LogP contribution in [-0.4, -0.2) is 54.8 Å². The Balaban J connectivity index is 0.00000338. The number of aryl methyl sites for hydroxylation is 2. The minimum absolute atomic E-state index is 0. The molecule has 0 unspecified atom stereocenters. The smallest absolute Gasteiger partial charge is 0.309 e. The number of aliphatic imine (C=N–C) groups is 1. The van der Waals surface area contributed by atoms with Crippen molar-refractivity contribution in [2.24, 2.45) is 10.9 Å². The van der Waals surface area contributed by atoms with Gasteiger partial charge in [-0.25, -0.2) is 0 Å². The number of nitrogens with one attached hydrogen (secondary N) is 1. The molecular weight excluding hydrogens is 447 g/mol. The van der Waals surface area contributed by atoms with E-state index in [1.54, 1.807) is 0 Å². The highest BCUT2D eigenvalue weighted by atomic mass is 127. The van der Waals surface area contributed by atoms with Crippen molar-refractivity contribution in [3.63, 3.8) is 0 Å². The molecule has 0 amide bonds. The number of guanidine groups is 1. The van der Waals surface area contributed by atoms with Crippen LogP contribution in [0, 0.1) is 19.8 Å². The van der Waals surface area contributed by atoms with E-state index in [4.69, 9.17) is 14.3 Å². The van der Waals surface area contributed by atoms with Gasteiger partial charge in [-0.3, -0.25) is 9.79 Å². The highest BCUT2D eigenvalue weighted by Crippen LogP contribution is 2.19. The van der Waals surface area contributed by atoms with Crippen molar-refractivity contribution < 1.29 is 14.1 Å². The zero-order valence-corrected chi connectivity index (χ0v) is 18.5. The summed E-state index contributed by atoms with van der Waals surface area (Å²) in [6.45, 7) is 11.4. The molecule has 0 saturated carbocycles. The van der Waals surface area contributed by atoms with Crippen molar-refractivity contribution in [1.29, 1.82) is 0 Å². The van der Waals surface area contributed by atoms with Crippen LogP contribution in [0.25, 0.3) is 0 Å². The zero-order valence-electron chi connectivity index (χ0n) is 16.2. The Hall–Kier alpha value is -1.32. The van der Waals surface area contributed by atoms with Gasteiger partial charge < -0.3 is 19.5 Å². The fourth-order valence-electron chi connectivity index (χ4n) is 3.15. The third kappa shape index (κ3) is 6.14. The predicted molar refractivity (Wildman–Crippen MR) is 112 cm³/mol. The summed E-state index contributed by atoms with van der Waals surface area (Å²) in [7, 11) is 0. The van der Waals surface area contributed by atoms with E-state index in [2.05, 4.69) is 22.3 Å². The number of esters is 1. The summed E-state index contributed by atoms with van der Waals surface area (Å²) < 4.78 is 10.3. The fraction of sp³-hybridized carbons (Fsp3) is 0.722. The molecule has 0 radical (unpaired) electrons. The van der Waals surface area contributed by atoms with E-state index in [0.29, 0.717) is 13.2 Å². The first kappa shape index (κ1) is 22.7. The molecule has 1 saturated heterocycles. The maximum Gasteiger partial charge on any atom is 0.309 e. The fourth-order valence-corrected chi connectivity index (χ4v) is 3.15. The van der Waals surface area contributed by atoms with E-state index in [1.165, 1.54) is 0 Å². The molecule has 1 aliphatic heterocycles. The molecule has 1 N–H and O–H groups in total. The van der Waals surface area contributed by atoms with Crippen LogP contribution in [0.5, 0.6) is 0 Å². The van der Waals surface area contributed by atoms with E-state index in [9.17, 15) is 4.79 Å². The molecule has 2 rings (SSSR count). The SMILES string of the molecule is CCNC(=NCCc1c(C)noc1C)N1CCC(C(=O)OCC)CC1.I. The van der Waals surface area contributed by atoms with Crippen LogP contribution < -0.4 is 5.32 Å². The van der Waals surface area contributed by atoms with Gasteiger partial charge in [0.05, 0.1) is 18.2 Å². The van der Waals surface area contributed by atoms with Crippen LogP contribution in [0.3, 0.4) is 0 Å². The number of aromatic nitrogens is 1. The number of carbonyl (C=O) groups excluding carboxylic acids is 1. The molecule has 0 spiro atoms. The Labute approximate surface area is 172 Å². The lowest BCUT2D eigenvalue weighted by molar-refractivity contribution is -0.149. The van der Waals surface area contributed by atoms with Crippen molar-refractivity contribution in [3.8, 4) is 0 Å². The van der Waals surface area contributed by atoms with Crippen LogP contribution in [0.1, 0.15) is 43.7 Å². The Bertz CT molecular complexity index is 576. The Morgan fingerprint density at radius 1 is 1.35 bits per heavy atom. The summed E-state index contributed by atoms with van der Waals surface area (Å²) in [6.07, 6.45) is 2.44. The van der Waals surface area contributed by atoms with Gasteiger partial charge in [-0.1, -0.05) is 5.16 Å². The van der Waals surface area contributed by atoms with E-state index in [-0.39, 0.29) is 35.9 Å². The third-order valence-corrected chi connectivity index (χ3v) is 4.55. The maximum absolute atomic E-state index is 11.9. The predicted octanol–water partition coefficient (Wildman–Crippen LogP) is 2.69. The Kier molecular flexibility index (Phi) is 9.97. The van der Waals surface area contributed by atoms with Crippen LogP contribution in [0.4, 0.5) is 0 Å². The number of nitrogens with zero attached hydrogens (tertiary/aromatic N) is 3. The molecule has 26 heavy (non-hydrogen) atoms. The van der Waals surface area contributed by atoms with Gasteiger partial charge in [-0.05, 0) is 47.0 Å². The number of halogens is 1. The number of likely N-dealkylation sites (tertiary alicyclic amines) is 1. The first-order valence-electron chi connectivity index (χ1n) is 9.18. The maximum atomic E-state index is 11.9. The molecule has 0 bridgehead atoms.